The molecule has 0 aliphatic carbocycles. The first kappa shape index (κ1) is 21.5. The fourth-order valence-corrected chi connectivity index (χ4v) is 4.71. The third-order valence-electron chi connectivity index (χ3n) is 5.16. The van der Waals surface area contributed by atoms with E-state index in [9.17, 15) is 9.59 Å². The van der Waals surface area contributed by atoms with Crippen molar-refractivity contribution < 1.29 is 14.3 Å². The Bertz CT molecular complexity index is 895. The minimum absolute atomic E-state index is 0. The molecule has 2 amide bonds. The highest BCUT2D eigenvalue weighted by atomic mass is 35.5. The molecule has 0 saturated carbocycles. The van der Waals surface area contributed by atoms with Gasteiger partial charge in [-0.05, 0) is 18.2 Å². The Kier molecular flexibility index (Phi) is 7.05. The third kappa shape index (κ3) is 4.37. The van der Waals surface area contributed by atoms with Gasteiger partial charge in [-0.1, -0.05) is 30.3 Å². The van der Waals surface area contributed by atoms with Crippen LogP contribution in [0.2, 0.25) is 0 Å². The molecule has 1 unspecified atom stereocenters. The van der Waals surface area contributed by atoms with Crippen LogP contribution in [-0.4, -0.2) is 55.8 Å². The van der Waals surface area contributed by atoms with Crippen LogP contribution in [0.3, 0.4) is 0 Å². The van der Waals surface area contributed by atoms with Crippen molar-refractivity contribution in [1.82, 2.24) is 10.2 Å². The van der Waals surface area contributed by atoms with Crippen molar-refractivity contribution in [1.29, 1.82) is 0 Å². The average Bonchev–Trinajstić information content (AvgIpc) is 2.75. The summed E-state index contributed by atoms with van der Waals surface area (Å²) >= 11 is 1.52. The summed E-state index contributed by atoms with van der Waals surface area (Å²) in [7, 11) is 1.64. The molecule has 0 radical (unpaired) electrons. The van der Waals surface area contributed by atoms with Crippen LogP contribution < -0.4 is 15.0 Å². The van der Waals surface area contributed by atoms with Crippen molar-refractivity contribution in [2.24, 2.45) is 0 Å². The van der Waals surface area contributed by atoms with Crippen molar-refractivity contribution in [3.05, 3.63) is 54.1 Å². The fourth-order valence-electron chi connectivity index (χ4n) is 3.78. The number of anilines is 1. The standard InChI is InChI=1S/C21H23N3O3S.ClH/c1-27-18-8-4-2-6-15(18)17-12-22-10-11-23(17)20(25)13-24-16-7-3-5-9-19(16)28-14-21(24)26;/h2-9,17,22H,10-14H2,1H3;1H. The Morgan fingerprint density at radius 2 is 1.97 bits per heavy atom. The second kappa shape index (κ2) is 9.52. The van der Waals surface area contributed by atoms with Crippen LogP contribution in [0.15, 0.2) is 53.4 Å². The summed E-state index contributed by atoms with van der Waals surface area (Å²) < 4.78 is 5.51. The van der Waals surface area contributed by atoms with Crippen molar-refractivity contribution in [2.45, 2.75) is 10.9 Å². The Hall–Kier alpha value is -2.22. The Morgan fingerprint density at radius 1 is 1.21 bits per heavy atom. The van der Waals surface area contributed by atoms with E-state index in [0.717, 1.165) is 28.4 Å². The number of ether oxygens (including phenoxy) is 1. The SMILES string of the molecule is COc1ccccc1C1CNCCN1C(=O)CN1C(=O)CSc2ccccc21.Cl. The van der Waals surface area contributed by atoms with Gasteiger partial charge < -0.3 is 19.9 Å². The van der Waals surface area contributed by atoms with Crippen LogP contribution in [0.4, 0.5) is 5.69 Å². The molecule has 4 rings (SSSR count). The highest BCUT2D eigenvalue weighted by molar-refractivity contribution is 8.00. The molecule has 2 aliphatic rings. The molecule has 2 heterocycles. The van der Waals surface area contributed by atoms with Gasteiger partial charge in [-0.2, -0.15) is 0 Å². The molecule has 1 fully saturated rings. The molecule has 8 heteroatoms. The van der Waals surface area contributed by atoms with Gasteiger partial charge in [-0.3, -0.25) is 9.59 Å². The van der Waals surface area contributed by atoms with E-state index in [2.05, 4.69) is 5.32 Å². The van der Waals surface area contributed by atoms with Gasteiger partial charge in [0.1, 0.15) is 12.3 Å². The summed E-state index contributed by atoms with van der Waals surface area (Å²) in [6.45, 7) is 2.05. The van der Waals surface area contributed by atoms with E-state index in [0.29, 0.717) is 18.8 Å². The number of nitrogens with zero attached hydrogens (tertiary/aromatic N) is 2. The summed E-state index contributed by atoms with van der Waals surface area (Å²) in [6, 6.07) is 15.4. The number of rotatable bonds is 4. The molecule has 6 nitrogen and oxygen atoms in total. The van der Waals surface area contributed by atoms with Crippen molar-refractivity contribution in [3.8, 4) is 5.75 Å². The lowest BCUT2D eigenvalue weighted by Crippen LogP contribution is -2.52. The lowest BCUT2D eigenvalue weighted by atomic mass is 10.0. The summed E-state index contributed by atoms with van der Waals surface area (Å²) in [5.41, 5.74) is 1.80. The minimum atomic E-state index is -0.123. The molecule has 0 bridgehead atoms. The van der Waals surface area contributed by atoms with E-state index in [1.54, 1.807) is 12.0 Å². The molecular formula is C21H24ClN3O3S. The number of amides is 2. The predicted molar refractivity (Wildman–Crippen MR) is 117 cm³/mol. The van der Waals surface area contributed by atoms with Gasteiger partial charge >= 0.3 is 0 Å². The number of para-hydroxylation sites is 2. The summed E-state index contributed by atoms with van der Waals surface area (Å²) in [5, 5.41) is 3.36. The van der Waals surface area contributed by atoms with Crippen LogP contribution in [0.25, 0.3) is 0 Å². The highest BCUT2D eigenvalue weighted by Gasteiger charge is 2.33. The van der Waals surface area contributed by atoms with Crippen molar-refractivity contribution in [2.75, 3.05) is 43.9 Å². The zero-order valence-electron chi connectivity index (χ0n) is 16.2. The van der Waals surface area contributed by atoms with Gasteiger partial charge in [0.15, 0.2) is 0 Å². The first-order valence-corrected chi connectivity index (χ1v) is 10.3. The molecule has 29 heavy (non-hydrogen) atoms. The van der Waals surface area contributed by atoms with Crippen LogP contribution in [0.1, 0.15) is 11.6 Å². The number of hydrogen-bond donors (Lipinski definition) is 1. The second-order valence-corrected chi connectivity index (χ2v) is 7.80. The molecule has 1 saturated heterocycles. The number of thioether (sulfide) groups is 1. The van der Waals surface area contributed by atoms with Gasteiger partial charge in [-0.25, -0.2) is 0 Å². The number of fused-ring (bicyclic) bond motifs is 1. The molecular weight excluding hydrogens is 410 g/mol. The van der Waals surface area contributed by atoms with E-state index in [4.69, 9.17) is 4.74 Å². The summed E-state index contributed by atoms with van der Waals surface area (Å²) in [4.78, 5) is 30.3. The normalized spacial score (nSPS) is 18.7. The maximum atomic E-state index is 13.3. The van der Waals surface area contributed by atoms with Crippen LogP contribution >= 0.6 is 24.2 Å². The van der Waals surface area contributed by atoms with E-state index in [1.807, 2.05) is 53.4 Å². The Balaban J connectivity index is 0.00000240. The first-order valence-electron chi connectivity index (χ1n) is 9.34. The van der Waals surface area contributed by atoms with Crippen LogP contribution in [0, 0.1) is 0 Å². The number of nitrogens with one attached hydrogen (secondary N) is 1. The predicted octanol–water partition coefficient (Wildman–Crippen LogP) is 2.73. The van der Waals surface area contributed by atoms with E-state index < -0.39 is 0 Å². The molecule has 0 spiro atoms. The van der Waals surface area contributed by atoms with E-state index >= 15 is 0 Å². The zero-order chi connectivity index (χ0) is 19.5. The number of hydrogen-bond acceptors (Lipinski definition) is 5. The molecule has 2 aliphatic heterocycles. The monoisotopic (exact) mass is 433 g/mol. The van der Waals surface area contributed by atoms with E-state index in [-0.39, 0.29) is 36.8 Å². The number of methoxy groups -OCH3 is 1. The number of carbonyl (C=O) groups excluding carboxylic acids is 2. The number of carbonyl (C=O) groups is 2. The molecule has 2 aromatic carbocycles. The summed E-state index contributed by atoms with van der Waals surface area (Å²) in [6.07, 6.45) is 0. The smallest absolute Gasteiger partial charge is 0.243 e. The lowest BCUT2D eigenvalue weighted by molar-refractivity contribution is -0.134. The quantitative estimate of drug-likeness (QED) is 0.803. The maximum absolute atomic E-state index is 13.3. The Morgan fingerprint density at radius 3 is 2.79 bits per heavy atom. The zero-order valence-corrected chi connectivity index (χ0v) is 17.8. The molecule has 2 aromatic rings. The van der Waals surface area contributed by atoms with Gasteiger partial charge in [0.2, 0.25) is 11.8 Å². The highest BCUT2D eigenvalue weighted by Crippen LogP contribution is 2.35. The van der Waals surface area contributed by atoms with Crippen LogP contribution in [0.5, 0.6) is 5.75 Å². The number of piperazine rings is 1. The summed E-state index contributed by atoms with van der Waals surface area (Å²) in [5.74, 6) is 1.06. The van der Waals surface area contributed by atoms with Crippen molar-refractivity contribution >= 4 is 41.7 Å². The van der Waals surface area contributed by atoms with Gasteiger partial charge in [0.05, 0.1) is 24.6 Å². The molecule has 1 atom stereocenters. The number of benzene rings is 2. The minimum Gasteiger partial charge on any atom is -0.496 e. The average molecular weight is 434 g/mol. The fraction of sp³-hybridized carbons (Fsp3) is 0.333. The number of halogens is 1. The molecule has 154 valence electrons. The molecule has 0 aromatic heterocycles. The van der Waals surface area contributed by atoms with Gasteiger partial charge in [-0.15, -0.1) is 24.2 Å². The topological polar surface area (TPSA) is 61.9 Å². The van der Waals surface area contributed by atoms with Crippen LogP contribution in [-0.2, 0) is 9.59 Å². The van der Waals surface area contributed by atoms with Crippen molar-refractivity contribution in [3.63, 3.8) is 0 Å². The first-order chi connectivity index (χ1) is 13.7. The molecule has 1 N–H and O–H groups in total. The van der Waals surface area contributed by atoms with Gasteiger partial charge in [0, 0.05) is 30.1 Å². The van der Waals surface area contributed by atoms with E-state index in [1.165, 1.54) is 11.8 Å². The maximum Gasteiger partial charge on any atom is 0.243 e. The lowest BCUT2D eigenvalue weighted by Gasteiger charge is -2.38. The Labute approximate surface area is 181 Å². The third-order valence-corrected chi connectivity index (χ3v) is 6.21. The van der Waals surface area contributed by atoms with Gasteiger partial charge in [0.25, 0.3) is 0 Å². The second-order valence-electron chi connectivity index (χ2n) is 6.79. The largest absolute Gasteiger partial charge is 0.496 e.